The molecule has 0 heterocycles. The van der Waals surface area contributed by atoms with Gasteiger partial charge in [-0.3, -0.25) is 0 Å². The van der Waals surface area contributed by atoms with E-state index >= 15 is 0 Å². The van der Waals surface area contributed by atoms with Crippen molar-refractivity contribution in [2.75, 3.05) is 14.2 Å². The molecule has 1 aliphatic rings. The third-order valence-corrected chi connectivity index (χ3v) is 4.91. The Hall–Kier alpha value is 0.0969. The van der Waals surface area contributed by atoms with Gasteiger partial charge >= 0.3 is 9.53 Å². The summed E-state index contributed by atoms with van der Waals surface area (Å²) < 4.78 is 16.4. The first kappa shape index (κ1) is 14.2. The molecule has 0 radical (unpaired) electrons. The van der Waals surface area contributed by atoms with Gasteiger partial charge < -0.3 is 13.3 Å². The van der Waals surface area contributed by atoms with Crippen LogP contribution in [0.25, 0.3) is 0 Å². The molecule has 0 N–H and O–H groups in total. The molecule has 0 spiro atoms. The summed E-state index contributed by atoms with van der Waals surface area (Å²) in [6.45, 7) is 4.30. The van der Waals surface area contributed by atoms with Gasteiger partial charge in [-0.2, -0.15) is 0 Å². The Balaban J connectivity index is 2.36. The zero-order chi connectivity index (χ0) is 12.0. The largest absolute Gasteiger partial charge is 0.484 e. The van der Waals surface area contributed by atoms with Crippen LogP contribution in [0.5, 0.6) is 0 Å². The van der Waals surface area contributed by atoms with Crippen LogP contribution in [0.2, 0.25) is 0 Å². The molecule has 0 saturated heterocycles. The molecule has 0 bridgehead atoms. The summed E-state index contributed by atoms with van der Waals surface area (Å²) in [5.41, 5.74) is -0.106. The first-order valence-electron chi connectivity index (χ1n) is 6.31. The summed E-state index contributed by atoms with van der Waals surface area (Å²) in [6, 6.07) is 0. The molecule has 3 nitrogen and oxygen atoms in total. The lowest BCUT2D eigenvalue weighted by Crippen LogP contribution is -2.38. The third-order valence-electron chi connectivity index (χ3n) is 3.31. The van der Waals surface area contributed by atoms with E-state index in [1.165, 1.54) is 32.1 Å². The van der Waals surface area contributed by atoms with Gasteiger partial charge in [-0.1, -0.05) is 32.1 Å². The molecule has 0 amide bonds. The highest BCUT2D eigenvalue weighted by atomic mass is 28.3. The zero-order valence-electron chi connectivity index (χ0n) is 11.1. The summed E-state index contributed by atoms with van der Waals surface area (Å²) in [6.07, 6.45) is 8.03. The van der Waals surface area contributed by atoms with Gasteiger partial charge in [-0.05, 0) is 26.2 Å². The molecule has 1 fully saturated rings. The molecule has 1 saturated carbocycles. The second kappa shape index (κ2) is 6.74. The lowest BCUT2D eigenvalue weighted by molar-refractivity contribution is 0.00939. The first-order valence-corrected chi connectivity index (χ1v) is 7.72. The first-order chi connectivity index (χ1) is 7.57. The van der Waals surface area contributed by atoms with Crippen molar-refractivity contribution in [2.24, 2.45) is 5.92 Å². The molecule has 4 heteroatoms. The van der Waals surface area contributed by atoms with E-state index in [2.05, 4.69) is 13.8 Å². The van der Waals surface area contributed by atoms with Crippen molar-refractivity contribution in [1.82, 2.24) is 0 Å². The van der Waals surface area contributed by atoms with E-state index < -0.39 is 9.53 Å². The topological polar surface area (TPSA) is 27.7 Å². The van der Waals surface area contributed by atoms with E-state index in [4.69, 9.17) is 13.3 Å². The Morgan fingerprint density at radius 1 is 1.06 bits per heavy atom. The van der Waals surface area contributed by atoms with E-state index in [0.717, 1.165) is 12.3 Å². The highest BCUT2D eigenvalue weighted by Crippen LogP contribution is 2.32. The van der Waals surface area contributed by atoms with Gasteiger partial charge in [0, 0.05) is 14.2 Å². The van der Waals surface area contributed by atoms with Gasteiger partial charge in [-0.15, -0.1) is 0 Å². The molecule has 0 atom stereocenters. The maximum Gasteiger partial charge on any atom is 0.484 e. The van der Waals surface area contributed by atoms with Crippen LogP contribution in [0.15, 0.2) is 0 Å². The van der Waals surface area contributed by atoms with E-state index in [-0.39, 0.29) is 5.60 Å². The number of rotatable bonds is 6. The number of hydrogen-bond acceptors (Lipinski definition) is 3. The van der Waals surface area contributed by atoms with Gasteiger partial charge in [0.25, 0.3) is 0 Å². The summed E-state index contributed by atoms with van der Waals surface area (Å²) in [4.78, 5) is 0. The van der Waals surface area contributed by atoms with Crippen molar-refractivity contribution in [2.45, 2.75) is 58.0 Å². The molecule has 0 aliphatic heterocycles. The highest BCUT2D eigenvalue weighted by Gasteiger charge is 2.29. The maximum absolute atomic E-state index is 5.93. The summed E-state index contributed by atoms with van der Waals surface area (Å²) in [5.74, 6) is 0.826. The van der Waals surface area contributed by atoms with E-state index in [0.29, 0.717) is 0 Å². The van der Waals surface area contributed by atoms with Gasteiger partial charge in [0.05, 0.1) is 5.60 Å². The van der Waals surface area contributed by atoms with E-state index in [1.807, 2.05) is 0 Å². The van der Waals surface area contributed by atoms with E-state index in [1.54, 1.807) is 14.2 Å². The average Bonchev–Trinajstić information content (AvgIpc) is 2.26. The van der Waals surface area contributed by atoms with Gasteiger partial charge in [0.2, 0.25) is 0 Å². The second-order valence-corrected chi connectivity index (χ2v) is 7.10. The second-order valence-electron chi connectivity index (χ2n) is 5.35. The van der Waals surface area contributed by atoms with Crippen molar-refractivity contribution < 1.29 is 13.3 Å². The molecular weight excluding hydrogens is 220 g/mol. The van der Waals surface area contributed by atoms with Crippen molar-refractivity contribution >= 4 is 9.53 Å². The lowest BCUT2D eigenvalue weighted by atomic mass is 9.82. The third kappa shape index (κ3) is 4.95. The van der Waals surface area contributed by atoms with Crippen LogP contribution in [0.4, 0.5) is 0 Å². The minimum atomic E-state index is -1.89. The smallest absolute Gasteiger partial charge is 0.379 e. The molecule has 0 aromatic carbocycles. The quantitative estimate of drug-likeness (QED) is 0.675. The standard InChI is InChI=1S/C12H26O3Si/c1-12(2,15-16(13-3)14-4)10-11-8-6-5-7-9-11/h11,16H,5-10H2,1-4H3. The Morgan fingerprint density at radius 3 is 2.12 bits per heavy atom. The molecule has 0 aromatic heterocycles. The maximum atomic E-state index is 5.93. The van der Waals surface area contributed by atoms with Crippen LogP contribution in [-0.4, -0.2) is 29.3 Å². The van der Waals surface area contributed by atoms with Gasteiger partial charge in [0.15, 0.2) is 0 Å². The molecule has 1 rings (SSSR count). The Morgan fingerprint density at radius 2 is 1.62 bits per heavy atom. The minimum absolute atomic E-state index is 0.106. The minimum Gasteiger partial charge on any atom is -0.379 e. The van der Waals surface area contributed by atoms with Crippen LogP contribution in [0.3, 0.4) is 0 Å². The predicted octanol–water partition coefficient (Wildman–Crippen LogP) is 2.76. The van der Waals surface area contributed by atoms with Crippen LogP contribution < -0.4 is 0 Å². The fraction of sp³-hybridized carbons (Fsp3) is 1.00. The summed E-state index contributed by atoms with van der Waals surface area (Å²) in [5, 5.41) is 0. The average molecular weight is 246 g/mol. The summed E-state index contributed by atoms with van der Waals surface area (Å²) in [7, 11) is 1.44. The Kier molecular flexibility index (Phi) is 5.96. The summed E-state index contributed by atoms with van der Waals surface area (Å²) >= 11 is 0. The van der Waals surface area contributed by atoms with Crippen LogP contribution in [-0.2, 0) is 13.3 Å². The van der Waals surface area contributed by atoms with Crippen molar-refractivity contribution in [3.63, 3.8) is 0 Å². The fourth-order valence-corrected chi connectivity index (χ4v) is 3.59. The van der Waals surface area contributed by atoms with E-state index in [9.17, 15) is 0 Å². The Labute approximate surface area is 101 Å². The fourth-order valence-electron chi connectivity index (χ4n) is 2.59. The lowest BCUT2D eigenvalue weighted by Gasteiger charge is -2.33. The van der Waals surface area contributed by atoms with Crippen molar-refractivity contribution in [3.8, 4) is 0 Å². The normalized spacial score (nSPS) is 19.3. The molecular formula is C12H26O3Si. The zero-order valence-corrected chi connectivity index (χ0v) is 12.3. The molecule has 0 aromatic rings. The number of hydrogen-bond donors (Lipinski definition) is 0. The van der Waals surface area contributed by atoms with Crippen LogP contribution in [0, 0.1) is 5.92 Å². The van der Waals surface area contributed by atoms with Crippen LogP contribution in [0.1, 0.15) is 52.4 Å². The predicted molar refractivity (Wildman–Crippen MR) is 67.5 cm³/mol. The Bertz CT molecular complexity index is 187. The highest BCUT2D eigenvalue weighted by molar-refractivity contribution is 6.36. The van der Waals surface area contributed by atoms with Crippen molar-refractivity contribution in [1.29, 1.82) is 0 Å². The van der Waals surface area contributed by atoms with Crippen molar-refractivity contribution in [3.05, 3.63) is 0 Å². The van der Waals surface area contributed by atoms with Gasteiger partial charge in [0.1, 0.15) is 0 Å². The van der Waals surface area contributed by atoms with Gasteiger partial charge in [-0.25, -0.2) is 0 Å². The molecule has 1 aliphatic carbocycles. The monoisotopic (exact) mass is 246 g/mol. The molecule has 0 unspecified atom stereocenters. The SMILES string of the molecule is CO[SiH](OC)OC(C)(C)CC1CCCCC1. The molecule has 16 heavy (non-hydrogen) atoms. The molecule has 96 valence electrons. The van der Waals surface area contributed by atoms with Crippen LogP contribution >= 0.6 is 0 Å².